The second kappa shape index (κ2) is 4.04. The first kappa shape index (κ1) is 16.6. The third kappa shape index (κ3) is 1.78. The monoisotopic (exact) mass is 316 g/mol. The summed E-state index contributed by atoms with van der Waals surface area (Å²) < 4.78 is 120. The van der Waals surface area contributed by atoms with Gasteiger partial charge in [-0.1, -0.05) is 6.58 Å². The molecule has 1 fully saturated rings. The molecule has 1 aliphatic carbocycles. The minimum absolute atomic E-state index is 0.0143. The lowest BCUT2D eigenvalue weighted by atomic mass is 9.82. The Balaban J connectivity index is 3.44. The third-order valence-electron chi connectivity index (χ3n) is 2.60. The third-order valence-corrected chi connectivity index (χ3v) is 2.60. The summed E-state index contributed by atoms with van der Waals surface area (Å²) in [6.07, 6.45) is -3.12. The van der Waals surface area contributed by atoms with E-state index in [2.05, 4.69) is 11.3 Å². The molecule has 20 heavy (non-hydrogen) atoms. The SMILES string of the molecule is C=CC(=O)OC1(F)CC(F)(F)C(F)(F)C(F)(F)C1(F)F. The number of halogens is 9. The topological polar surface area (TPSA) is 26.3 Å². The molecule has 0 radical (unpaired) electrons. The Hall–Kier alpha value is -1.42. The average molecular weight is 316 g/mol. The van der Waals surface area contributed by atoms with Crippen molar-refractivity contribution in [2.45, 2.75) is 36.0 Å². The largest absolute Gasteiger partial charge is 0.418 e. The molecule has 0 aromatic rings. The number of hydrogen-bond acceptors (Lipinski definition) is 2. The Kier molecular flexibility index (Phi) is 3.36. The summed E-state index contributed by atoms with van der Waals surface area (Å²) in [7, 11) is 0. The second-order valence-corrected chi connectivity index (χ2v) is 3.96. The van der Waals surface area contributed by atoms with Gasteiger partial charge in [0, 0.05) is 6.08 Å². The maximum atomic E-state index is 13.6. The normalized spacial score (nSPS) is 33.2. The van der Waals surface area contributed by atoms with Crippen LogP contribution in [0.15, 0.2) is 12.7 Å². The van der Waals surface area contributed by atoms with E-state index in [1.54, 1.807) is 0 Å². The van der Waals surface area contributed by atoms with E-state index in [0.717, 1.165) is 0 Å². The molecule has 11 heteroatoms. The fraction of sp³-hybridized carbons (Fsp3) is 0.667. The van der Waals surface area contributed by atoms with Gasteiger partial charge in [0.2, 0.25) is 0 Å². The zero-order chi connectivity index (χ0) is 16.2. The first-order valence-electron chi connectivity index (χ1n) is 4.72. The lowest BCUT2D eigenvalue weighted by Gasteiger charge is -2.47. The number of rotatable bonds is 2. The zero-order valence-corrected chi connectivity index (χ0v) is 9.21. The van der Waals surface area contributed by atoms with Gasteiger partial charge in [-0.25, -0.2) is 4.79 Å². The van der Waals surface area contributed by atoms with E-state index in [0.29, 0.717) is 0 Å². The molecule has 0 aliphatic heterocycles. The number of hydrogen-bond donors (Lipinski definition) is 0. The number of esters is 1. The second-order valence-electron chi connectivity index (χ2n) is 3.96. The molecule has 0 aromatic carbocycles. The molecule has 0 heterocycles. The van der Waals surface area contributed by atoms with Crippen molar-refractivity contribution >= 4 is 5.97 Å². The van der Waals surface area contributed by atoms with E-state index >= 15 is 0 Å². The van der Waals surface area contributed by atoms with Crippen LogP contribution in [-0.2, 0) is 9.53 Å². The number of ether oxygens (including phenoxy) is 1. The molecule has 1 atom stereocenters. The van der Waals surface area contributed by atoms with E-state index in [1.807, 2.05) is 0 Å². The van der Waals surface area contributed by atoms with Gasteiger partial charge >= 0.3 is 35.5 Å². The predicted molar refractivity (Wildman–Crippen MR) is 44.5 cm³/mol. The fourth-order valence-electron chi connectivity index (χ4n) is 1.47. The average Bonchev–Trinajstić information content (AvgIpc) is 2.25. The highest BCUT2D eigenvalue weighted by Crippen LogP contribution is 2.64. The standard InChI is InChI=1S/C9H5F9O2/c1-2-4(19)20-6(12)3-5(10,11)7(13,14)9(17,18)8(6,15)16/h2H,1,3H2. The number of carbonyl (C=O) groups excluding carboxylic acids is 1. The molecule has 0 aromatic heterocycles. The van der Waals surface area contributed by atoms with E-state index in [1.165, 1.54) is 0 Å². The van der Waals surface area contributed by atoms with Crippen molar-refractivity contribution in [1.29, 1.82) is 0 Å². The van der Waals surface area contributed by atoms with Crippen molar-refractivity contribution in [2.24, 2.45) is 0 Å². The summed E-state index contributed by atoms with van der Waals surface area (Å²) in [4.78, 5) is 10.6. The predicted octanol–water partition coefficient (Wildman–Crippen LogP) is 3.33. The van der Waals surface area contributed by atoms with Crippen LogP contribution in [0.25, 0.3) is 0 Å². The van der Waals surface area contributed by atoms with Crippen LogP contribution in [0.3, 0.4) is 0 Å². The van der Waals surface area contributed by atoms with E-state index in [-0.39, 0.29) is 6.08 Å². The van der Waals surface area contributed by atoms with Gasteiger partial charge in [-0.2, -0.15) is 39.5 Å². The van der Waals surface area contributed by atoms with Gasteiger partial charge in [0.15, 0.2) is 0 Å². The maximum Gasteiger partial charge on any atom is 0.385 e. The number of carbonyl (C=O) groups is 1. The molecular formula is C9H5F9O2. The molecule has 0 amide bonds. The van der Waals surface area contributed by atoms with E-state index in [4.69, 9.17) is 0 Å². The molecule has 1 unspecified atom stereocenters. The molecule has 0 N–H and O–H groups in total. The summed E-state index contributed by atoms with van der Waals surface area (Å²) in [5, 5.41) is 0. The van der Waals surface area contributed by atoms with Crippen molar-refractivity contribution in [3.05, 3.63) is 12.7 Å². The Bertz CT molecular complexity index is 445. The van der Waals surface area contributed by atoms with Crippen LogP contribution in [0.1, 0.15) is 6.42 Å². The number of alkyl halides is 9. The first-order valence-corrected chi connectivity index (χ1v) is 4.72. The molecule has 1 rings (SSSR count). The van der Waals surface area contributed by atoms with Gasteiger partial charge in [-0.3, -0.25) is 0 Å². The minimum atomic E-state index is -6.78. The van der Waals surface area contributed by atoms with Crippen LogP contribution in [0.2, 0.25) is 0 Å². The fourth-order valence-corrected chi connectivity index (χ4v) is 1.47. The van der Waals surface area contributed by atoms with E-state index < -0.39 is 41.9 Å². The lowest BCUT2D eigenvalue weighted by molar-refractivity contribution is -0.454. The quantitative estimate of drug-likeness (QED) is 0.444. The minimum Gasteiger partial charge on any atom is -0.418 e. The van der Waals surface area contributed by atoms with Crippen molar-refractivity contribution in [3.63, 3.8) is 0 Å². The molecule has 0 saturated heterocycles. The summed E-state index contributed by atoms with van der Waals surface area (Å²) in [5.41, 5.74) is 0. The van der Waals surface area contributed by atoms with Gasteiger partial charge in [0.05, 0.1) is 6.42 Å². The molecule has 0 bridgehead atoms. The van der Waals surface area contributed by atoms with Crippen LogP contribution < -0.4 is 0 Å². The summed E-state index contributed by atoms with van der Waals surface area (Å²) in [5.74, 6) is -33.0. The Morgan fingerprint density at radius 3 is 1.75 bits per heavy atom. The van der Waals surface area contributed by atoms with E-state index in [9.17, 15) is 44.3 Å². The van der Waals surface area contributed by atoms with Crippen LogP contribution >= 0.6 is 0 Å². The van der Waals surface area contributed by atoms with Crippen molar-refractivity contribution < 1.29 is 49.0 Å². The highest BCUT2D eigenvalue weighted by Gasteiger charge is 2.92. The zero-order valence-electron chi connectivity index (χ0n) is 9.21. The maximum absolute atomic E-state index is 13.6. The van der Waals surface area contributed by atoms with Crippen LogP contribution in [0, 0.1) is 0 Å². The highest BCUT2D eigenvalue weighted by atomic mass is 19.4. The van der Waals surface area contributed by atoms with Gasteiger partial charge in [-0.15, -0.1) is 0 Å². The molecule has 116 valence electrons. The van der Waals surface area contributed by atoms with Gasteiger partial charge in [0.25, 0.3) is 0 Å². The van der Waals surface area contributed by atoms with Crippen molar-refractivity contribution in [1.82, 2.24) is 0 Å². The molecule has 0 spiro atoms. The Morgan fingerprint density at radius 1 is 0.900 bits per heavy atom. The lowest BCUT2D eigenvalue weighted by Crippen LogP contribution is -2.75. The summed E-state index contributed by atoms with van der Waals surface area (Å²) in [6.45, 7) is 2.60. The van der Waals surface area contributed by atoms with Gasteiger partial charge in [0.1, 0.15) is 0 Å². The summed E-state index contributed by atoms with van der Waals surface area (Å²) in [6, 6.07) is 0. The molecule has 1 aliphatic rings. The molecule has 1 saturated carbocycles. The Morgan fingerprint density at radius 2 is 1.35 bits per heavy atom. The highest BCUT2D eigenvalue weighted by molar-refractivity contribution is 5.81. The molecular weight excluding hydrogens is 311 g/mol. The first-order chi connectivity index (χ1) is 8.66. The van der Waals surface area contributed by atoms with Crippen LogP contribution in [0.4, 0.5) is 39.5 Å². The summed E-state index contributed by atoms with van der Waals surface area (Å²) >= 11 is 0. The van der Waals surface area contributed by atoms with Crippen LogP contribution in [-0.4, -0.2) is 35.5 Å². The van der Waals surface area contributed by atoms with Crippen molar-refractivity contribution in [3.8, 4) is 0 Å². The van der Waals surface area contributed by atoms with Crippen LogP contribution in [0.5, 0.6) is 0 Å². The van der Waals surface area contributed by atoms with Gasteiger partial charge < -0.3 is 4.74 Å². The van der Waals surface area contributed by atoms with Gasteiger partial charge in [-0.05, 0) is 0 Å². The molecule has 2 nitrogen and oxygen atoms in total. The smallest absolute Gasteiger partial charge is 0.385 e. The Labute approximate surface area is 105 Å². The van der Waals surface area contributed by atoms with Crippen molar-refractivity contribution in [2.75, 3.05) is 0 Å².